The lowest BCUT2D eigenvalue weighted by Gasteiger charge is -2.26. The Morgan fingerprint density at radius 2 is 1.81 bits per heavy atom. The number of nitrogens with one attached hydrogen (secondary N) is 1. The third-order valence-corrected chi connectivity index (χ3v) is 7.08. The smallest absolute Gasteiger partial charge is 0.338 e. The summed E-state index contributed by atoms with van der Waals surface area (Å²) in [7, 11) is -3.89. The number of benzene rings is 2. The van der Waals surface area contributed by atoms with Crippen LogP contribution in [-0.4, -0.2) is 57.5 Å². The Morgan fingerprint density at radius 1 is 1.13 bits per heavy atom. The van der Waals surface area contributed by atoms with Gasteiger partial charge >= 0.3 is 5.97 Å². The number of carbonyl (C=O) groups excluding carboxylic acids is 2. The molecule has 0 radical (unpaired) electrons. The summed E-state index contributed by atoms with van der Waals surface area (Å²) in [5.41, 5.74) is 2.02. The normalized spacial score (nSPS) is 14.8. The Kier molecular flexibility index (Phi) is 7.66. The van der Waals surface area contributed by atoms with Gasteiger partial charge in [-0.3, -0.25) is 4.79 Å². The highest BCUT2D eigenvalue weighted by Crippen LogP contribution is 2.26. The molecule has 0 unspecified atom stereocenters. The van der Waals surface area contributed by atoms with Gasteiger partial charge in [-0.2, -0.15) is 4.31 Å². The Balaban J connectivity index is 1.60. The standard InChI is InChI=1S/C21H23ClN2O6S/c1-15-2-4-16(5-3-15)13-23-20(25)14-30-21(26)17-6-7-18(22)19(12-17)31(27,28)24-8-10-29-11-9-24/h2-7,12H,8-11,13-14H2,1H3,(H,23,25). The number of hydrogen-bond donors (Lipinski definition) is 1. The molecule has 10 heteroatoms. The van der Waals surface area contributed by atoms with E-state index in [1.807, 2.05) is 31.2 Å². The molecule has 1 amide bonds. The third kappa shape index (κ3) is 6.04. The van der Waals surface area contributed by atoms with E-state index in [2.05, 4.69) is 5.32 Å². The number of carbonyl (C=O) groups is 2. The van der Waals surface area contributed by atoms with Crippen LogP contribution in [0.1, 0.15) is 21.5 Å². The van der Waals surface area contributed by atoms with Crippen molar-refractivity contribution in [2.45, 2.75) is 18.4 Å². The minimum Gasteiger partial charge on any atom is -0.452 e. The highest BCUT2D eigenvalue weighted by Gasteiger charge is 2.29. The van der Waals surface area contributed by atoms with E-state index >= 15 is 0 Å². The lowest BCUT2D eigenvalue weighted by molar-refractivity contribution is -0.124. The summed E-state index contributed by atoms with van der Waals surface area (Å²) in [4.78, 5) is 24.2. The number of esters is 1. The maximum atomic E-state index is 12.9. The Bertz CT molecular complexity index is 1050. The molecule has 0 aliphatic carbocycles. The number of nitrogens with zero attached hydrogens (tertiary/aromatic N) is 1. The molecule has 2 aromatic rings. The van der Waals surface area contributed by atoms with Gasteiger partial charge in [-0.15, -0.1) is 0 Å². The molecule has 1 heterocycles. The van der Waals surface area contributed by atoms with E-state index in [1.54, 1.807) is 0 Å². The van der Waals surface area contributed by atoms with Crippen LogP contribution >= 0.6 is 11.6 Å². The minimum atomic E-state index is -3.89. The topological polar surface area (TPSA) is 102 Å². The first kappa shape index (κ1) is 23.2. The number of sulfonamides is 1. The SMILES string of the molecule is Cc1ccc(CNC(=O)COC(=O)c2ccc(Cl)c(S(=O)(=O)N3CCOCC3)c2)cc1. The summed E-state index contributed by atoms with van der Waals surface area (Å²) >= 11 is 6.09. The van der Waals surface area contributed by atoms with Gasteiger partial charge in [0.25, 0.3) is 5.91 Å². The minimum absolute atomic E-state index is 0.00103. The van der Waals surface area contributed by atoms with Crippen LogP contribution in [0.2, 0.25) is 5.02 Å². The molecular formula is C21H23ClN2O6S. The molecule has 1 aliphatic rings. The first-order valence-corrected chi connectivity index (χ1v) is 11.5. The summed E-state index contributed by atoms with van der Waals surface area (Å²) in [5, 5.41) is 2.66. The highest BCUT2D eigenvalue weighted by molar-refractivity contribution is 7.89. The summed E-state index contributed by atoms with van der Waals surface area (Å²) in [6, 6.07) is 11.5. The lowest BCUT2D eigenvalue weighted by atomic mass is 10.1. The maximum Gasteiger partial charge on any atom is 0.338 e. The van der Waals surface area contributed by atoms with Crippen molar-refractivity contribution in [3.05, 3.63) is 64.2 Å². The van der Waals surface area contributed by atoms with Crippen molar-refractivity contribution in [3.63, 3.8) is 0 Å². The van der Waals surface area contributed by atoms with Gasteiger partial charge in [0, 0.05) is 19.6 Å². The second-order valence-corrected chi connectivity index (χ2v) is 9.31. The van der Waals surface area contributed by atoms with Crippen LogP contribution in [0.5, 0.6) is 0 Å². The van der Waals surface area contributed by atoms with Gasteiger partial charge in [0.05, 0.1) is 23.8 Å². The summed E-state index contributed by atoms with van der Waals surface area (Å²) in [5.74, 6) is -1.29. The van der Waals surface area contributed by atoms with Gasteiger partial charge in [-0.05, 0) is 30.7 Å². The van der Waals surface area contributed by atoms with E-state index in [0.717, 1.165) is 11.1 Å². The predicted molar refractivity (Wildman–Crippen MR) is 114 cm³/mol. The average Bonchev–Trinajstić information content (AvgIpc) is 2.78. The van der Waals surface area contributed by atoms with Crippen LogP contribution in [0.3, 0.4) is 0 Å². The van der Waals surface area contributed by atoms with Crippen molar-refractivity contribution in [3.8, 4) is 0 Å². The van der Waals surface area contributed by atoms with Gasteiger partial charge in [0.15, 0.2) is 6.61 Å². The van der Waals surface area contributed by atoms with Crippen molar-refractivity contribution in [2.75, 3.05) is 32.9 Å². The van der Waals surface area contributed by atoms with E-state index in [1.165, 1.54) is 22.5 Å². The monoisotopic (exact) mass is 466 g/mol. The fraction of sp³-hybridized carbons (Fsp3) is 0.333. The molecule has 166 valence electrons. The molecule has 8 nitrogen and oxygen atoms in total. The van der Waals surface area contributed by atoms with Crippen LogP contribution in [0.15, 0.2) is 47.4 Å². The Hall–Kier alpha value is -2.46. The van der Waals surface area contributed by atoms with E-state index in [4.69, 9.17) is 21.1 Å². The lowest BCUT2D eigenvalue weighted by Crippen LogP contribution is -2.40. The number of halogens is 1. The molecule has 0 spiro atoms. The fourth-order valence-corrected chi connectivity index (χ4v) is 4.83. The van der Waals surface area contributed by atoms with Crippen LogP contribution in [0, 0.1) is 6.92 Å². The van der Waals surface area contributed by atoms with Crippen molar-refractivity contribution in [1.29, 1.82) is 0 Å². The van der Waals surface area contributed by atoms with Crippen LogP contribution < -0.4 is 5.32 Å². The highest BCUT2D eigenvalue weighted by atomic mass is 35.5. The van der Waals surface area contributed by atoms with Crippen molar-refractivity contribution in [2.24, 2.45) is 0 Å². The molecule has 0 atom stereocenters. The van der Waals surface area contributed by atoms with Crippen molar-refractivity contribution < 1.29 is 27.5 Å². The molecule has 0 bridgehead atoms. The fourth-order valence-electron chi connectivity index (χ4n) is 2.93. The Morgan fingerprint density at radius 3 is 2.48 bits per heavy atom. The zero-order chi connectivity index (χ0) is 22.4. The second-order valence-electron chi connectivity index (χ2n) is 7.00. The molecule has 1 saturated heterocycles. The summed E-state index contributed by atoms with van der Waals surface area (Å²) in [6.45, 7) is 2.77. The first-order chi connectivity index (χ1) is 14.8. The van der Waals surface area contributed by atoms with Crippen molar-refractivity contribution >= 4 is 33.5 Å². The van der Waals surface area contributed by atoms with Gasteiger partial charge in [0.1, 0.15) is 4.90 Å². The van der Waals surface area contributed by atoms with Gasteiger partial charge in [-0.25, -0.2) is 13.2 Å². The molecule has 0 aromatic heterocycles. The van der Waals surface area contributed by atoms with Gasteiger partial charge in [-0.1, -0.05) is 41.4 Å². The van der Waals surface area contributed by atoms with E-state index in [-0.39, 0.29) is 41.8 Å². The zero-order valence-electron chi connectivity index (χ0n) is 17.0. The molecule has 3 rings (SSSR count). The predicted octanol–water partition coefficient (Wildman–Crippen LogP) is 2.14. The molecule has 1 N–H and O–H groups in total. The number of aryl methyl sites for hydroxylation is 1. The van der Waals surface area contributed by atoms with E-state index in [0.29, 0.717) is 6.54 Å². The first-order valence-electron chi connectivity index (χ1n) is 9.64. The van der Waals surface area contributed by atoms with Gasteiger partial charge < -0.3 is 14.8 Å². The number of rotatable bonds is 7. The Labute approximate surface area is 186 Å². The quantitative estimate of drug-likeness (QED) is 0.627. The molecule has 0 saturated carbocycles. The molecule has 2 aromatic carbocycles. The van der Waals surface area contributed by atoms with Crippen molar-refractivity contribution in [1.82, 2.24) is 9.62 Å². The number of amides is 1. The average molecular weight is 467 g/mol. The zero-order valence-corrected chi connectivity index (χ0v) is 18.5. The molecule has 1 aliphatic heterocycles. The van der Waals surface area contributed by atoms with E-state index < -0.39 is 28.5 Å². The summed E-state index contributed by atoms with van der Waals surface area (Å²) in [6.07, 6.45) is 0. The van der Waals surface area contributed by atoms with E-state index in [9.17, 15) is 18.0 Å². The molecular weight excluding hydrogens is 444 g/mol. The van der Waals surface area contributed by atoms with Gasteiger partial charge in [0.2, 0.25) is 10.0 Å². The maximum absolute atomic E-state index is 12.9. The number of morpholine rings is 1. The molecule has 1 fully saturated rings. The van der Waals surface area contributed by atoms with Crippen LogP contribution in [0.25, 0.3) is 0 Å². The third-order valence-electron chi connectivity index (χ3n) is 4.70. The second kappa shape index (κ2) is 10.2. The number of ether oxygens (including phenoxy) is 2. The van der Waals surface area contributed by atoms with Crippen LogP contribution in [-0.2, 0) is 30.8 Å². The number of hydrogen-bond acceptors (Lipinski definition) is 6. The summed E-state index contributed by atoms with van der Waals surface area (Å²) < 4.78 is 37.2. The molecule has 31 heavy (non-hydrogen) atoms. The van der Waals surface area contributed by atoms with Crippen LogP contribution in [0.4, 0.5) is 0 Å². The largest absolute Gasteiger partial charge is 0.452 e.